The molecule has 0 bridgehead atoms. The van der Waals surface area contributed by atoms with Gasteiger partial charge in [0.05, 0.1) is 16.9 Å². The molecule has 2 N–H and O–H groups in total. The van der Waals surface area contributed by atoms with Gasteiger partial charge in [-0.2, -0.15) is 0 Å². The number of anilines is 1. The Morgan fingerprint density at radius 1 is 1.23 bits per heavy atom. The molecular formula is C14H16N4O4. The first-order valence-electron chi connectivity index (χ1n) is 6.48. The van der Waals surface area contributed by atoms with Crippen molar-refractivity contribution in [3.8, 4) is 5.69 Å². The van der Waals surface area contributed by atoms with Crippen LogP contribution in [0.3, 0.4) is 0 Å². The Hall–Kier alpha value is -2.90. The fourth-order valence-electron chi connectivity index (χ4n) is 1.73. The highest BCUT2D eigenvalue weighted by atomic mass is 16.6. The number of nitrogens with zero attached hydrogens (tertiary/aromatic N) is 3. The van der Waals surface area contributed by atoms with E-state index in [2.05, 4.69) is 15.5 Å². The molecule has 0 atom stereocenters. The van der Waals surface area contributed by atoms with Gasteiger partial charge in [-0.3, -0.25) is 9.88 Å². The van der Waals surface area contributed by atoms with Crippen molar-refractivity contribution < 1.29 is 19.4 Å². The van der Waals surface area contributed by atoms with Gasteiger partial charge in [-0.25, -0.2) is 9.59 Å². The molecule has 0 radical (unpaired) electrons. The van der Waals surface area contributed by atoms with Gasteiger partial charge in [-0.1, -0.05) is 0 Å². The summed E-state index contributed by atoms with van der Waals surface area (Å²) >= 11 is 0. The van der Waals surface area contributed by atoms with E-state index < -0.39 is 17.7 Å². The molecule has 0 fully saturated rings. The monoisotopic (exact) mass is 304 g/mol. The van der Waals surface area contributed by atoms with E-state index in [1.165, 1.54) is 24.8 Å². The van der Waals surface area contributed by atoms with E-state index in [1.54, 1.807) is 31.4 Å². The minimum absolute atomic E-state index is 0.0443. The Morgan fingerprint density at radius 2 is 1.86 bits per heavy atom. The van der Waals surface area contributed by atoms with Gasteiger partial charge < -0.3 is 9.84 Å². The maximum atomic E-state index is 11.9. The molecule has 2 aromatic rings. The van der Waals surface area contributed by atoms with Gasteiger partial charge in [-0.05, 0) is 39.0 Å². The largest absolute Gasteiger partial charge is 0.478 e. The maximum absolute atomic E-state index is 11.9. The predicted octanol–water partition coefficient (Wildman–Crippen LogP) is 2.31. The maximum Gasteiger partial charge on any atom is 0.412 e. The number of ether oxygens (including phenoxy) is 1. The summed E-state index contributed by atoms with van der Waals surface area (Å²) in [5.74, 6) is -1.09. The smallest absolute Gasteiger partial charge is 0.412 e. The molecule has 0 unspecified atom stereocenters. The lowest BCUT2D eigenvalue weighted by Gasteiger charge is -2.20. The number of aromatic carboxylic acids is 1. The number of carboxylic acids is 1. The van der Waals surface area contributed by atoms with Crippen molar-refractivity contribution in [2.75, 3.05) is 5.32 Å². The molecule has 2 rings (SSSR count). The first-order valence-corrected chi connectivity index (χ1v) is 6.48. The van der Waals surface area contributed by atoms with Crippen LogP contribution in [0.15, 0.2) is 30.9 Å². The van der Waals surface area contributed by atoms with Crippen molar-refractivity contribution in [2.45, 2.75) is 26.4 Å². The van der Waals surface area contributed by atoms with Crippen molar-refractivity contribution in [1.29, 1.82) is 0 Å². The highest BCUT2D eigenvalue weighted by molar-refractivity contribution is 5.93. The molecule has 0 saturated heterocycles. The number of nitrogens with one attached hydrogen (secondary N) is 1. The SMILES string of the molecule is CC(C)(C)OC(=O)Nc1cc(C(=O)O)ccc1-n1cnnc1. The van der Waals surface area contributed by atoms with Gasteiger partial charge in [0.1, 0.15) is 18.3 Å². The third-order valence-corrected chi connectivity index (χ3v) is 2.58. The summed E-state index contributed by atoms with van der Waals surface area (Å²) in [6.45, 7) is 5.21. The minimum Gasteiger partial charge on any atom is -0.478 e. The molecule has 0 aliphatic carbocycles. The Morgan fingerprint density at radius 3 is 2.41 bits per heavy atom. The van der Waals surface area contributed by atoms with E-state index >= 15 is 0 Å². The Balaban J connectivity index is 2.36. The predicted molar refractivity (Wildman–Crippen MR) is 78.2 cm³/mol. The number of aromatic nitrogens is 3. The van der Waals surface area contributed by atoms with Crippen LogP contribution in [0.5, 0.6) is 0 Å². The second-order valence-corrected chi connectivity index (χ2v) is 5.53. The molecule has 0 aliphatic rings. The second-order valence-electron chi connectivity index (χ2n) is 5.53. The highest BCUT2D eigenvalue weighted by Crippen LogP contribution is 2.23. The lowest BCUT2D eigenvalue weighted by Crippen LogP contribution is -2.27. The zero-order valence-electron chi connectivity index (χ0n) is 12.4. The van der Waals surface area contributed by atoms with Crippen LogP contribution >= 0.6 is 0 Å². The second kappa shape index (κ2) is 5.84. The molecule has 0 saturated carbocycles. The topological polar surface area (TPSA) is 106 Å². The first kappa shape index (κ1) is 15.5. The van der Waals surface area contributed by atoms with Crippen molar-refractivity contribution in [1.82, 2.24) is 14.8 Å². The van der Waals surface area contributed by atoms with Crippen LogP contribution in [-0.2, 0) is 4.74 Å². The fourth-order valence-corrected chi connectivity index (χ4v) is 1.73. The molecule has 8 heteroatoms. The minimum atomic E-state index is -1.09. The van der Waals surface area contributed by atoms with Gasteiger partial charge in [0.25, 0.3) is 0 Å². The molecule has 116 valence electrons. The quantitative estimate of drug-likeness (QED) is 0.901. The average molecular weight is 304 g/mol. The van der Waals surface area contributed by atoms with Crippen molar-refractivity contribution in [2.24, 2.45) is 0 Å². The Kier molecular flexibility index (Phi) is 4.11. The molecule has 0 aliphatic heterocycles. The van der Waals surface area contributed by atoms with E-state index in [9.17, 15) is 9.59 Å². The van der Waals surface area contributed by atoms with Crippen molar-refractivity contribution >= 4 is 17.7 Å². The van der Waals surface area contributed by atoms with E-state index in [0.29, 0.717) is 5.69 Å². The summed E-state index contributed by atoms with van der Waals surface area (Å²) in [6.07, 6.45) is 2.20. The van der Waals surface area contributed by atoms with Crippen molar-refractivity contribution in [3.63, 3.8) is 0 Å². The van der Waals surface area contributed by atoms with Crippen LogP contribution in [0.25, 0.3) is 5.69 Å². The van der Waals surface area contributed by atoms with Crippen LogP contribution in [-0.4, -0.2) is 37.5 Å². The normalized spacial score (nSPS) is 11.0. The van der Waals surface area contributed by atoms with Gasteiger partial charge in [0, 0.05) is 0 Å². The zero-order chi connectivity index (χ0) is 16.3. The van der Waals surface area contributed by atoms with Gasteiger partial charge in [0.2, 0.25) is 0 Å². The van der Waals surface area contributed by atoms with Gasteiger partial charge >= 0.3 is 12.1 Å². The highest BCUT2D eigenvalue weighted by Gasteiger charge is 2.18. The van der Waals surface area contributed by atoms with Crippen LogP contribution < -0.4 is 5.32 Å². The molecule has 22 heavy (non-hydrogen) atoms. The van der Waals surface area contributed by atoms with Crippen LogP contribution in [0.1, 0.15) is 31.1 Å². The average Bonchev–Trinajstić information content (AvgIpc) is 2.89. The number of hydrogen-bond donors (Lipinski definition) is 2. The van der Waals surface area contributed by atoms with E-state index in [-0.39, 0.29) is 11.3 Å². The number of hydrogen-bond acceptors (Lipinski definition) is 5. The van der Waals surface area contributed by atoms with E-state index in [1.807, 2.05) is 0 Å². The lowest BCUT2D eigenvalue weighted by molar-refractivity contribution is 0.0632. The molecule has 1 aromatic heterocycles. The van der Waals surface area contributed by atoms with Crippen molar-refractivity contribution in [3.05, 3.63) is 36.4 Å². The van der Waals surface area contributed by atoms with E-state index in [0.717, 1.165) is 0 Å². The summed E-state index contributed by atoms with van der Waals surface area (Å²) in [7, 11) is 0. The number of rotatable bonds is 3. The summed E-state index contributed by atoms with van der Waals surface area (Å²) in [6, 6.07) is 4.33. The first-order chi connectivity index (χ1) is 10.3. The molecule has 1 heterocycles. The molecule has 1 amide bonds. The summed E-state index contributed by atoms with van der Waals surface area (Å²) in [5.41, 5.74) is 0.197. The number of carbonyl (C=O) groups is 2. The lowest BCUT2D eigenvalue weighted by atomic mass is 10.1. The fraction of sp³-hybridized carbons (Fsp3) is 0.286. The standard InChI is InChI=1S/C14H16N4O4/c1-14(2,3)22-13(21)17-10-6-9(12(19)20)4-5-11(10)18-7-15-16-8-18/h4-8H,1-3H3,(H,17,21)(H,19,20). The number of carbonyl (C=O) groups excluding carboxylic acids is 1. The Labute approximate surface area is 126 Å². The summed E-state index contributed by atoms with van der Waals surface area (Å²) in [4.78, 5) is 23.0. The van der Waals surface area contributed by atoms with Crippen LogP contribution in [0, 0.1) is 0 Å². The van der Waals surface area contributed by atoms with Gasteiger partial charge in [-0.15, -0.1) is 10.2 Å². The molecule has 0 spiro atoms. The van der Waals surface area contributed by atoms with Crippen LogP contribution in [0.4, 0.5) is 10.5 Å². The third-order valence-electron chi connectivity index (χ3n) is 2.58. The molecule has 8 nitrogen and oxygen atoms in total. The number of amides is 1. The summed E-state index contributed by atoms with van der Waals surface area (Å²) in [5, 5.41) is 19.0. The summed E-state index contributed by atoms with van der Waals surface area (Å²) < 4.78 is 6.73. The zero-order valence-corrected chi connectivity index (χ0v) is 12.4. The third kappa shape index (κ3) is 3.81. The van der Waals surface area contributed by atoms with Crippen LogP contribution in [0.2, 0.25) is 0 Å². The number of carboxylic acid groups (broad SMARTS) is 1. The number of benzene rings is 1. The van der Waals surface area contributed by atoms with E-state index in [4.69, 9.17) is 9.84 Å². The Bertz CT molecular complexity index is 689. The molecule has 1 aromatic carbocycles. The van der Waals surface area contributed by atoms with Gasteiger partial charge in [0.15, 0.2) is 0 Å². The molecular weight excluding hydrogens is 288 g/mol.